The molecule has 1 aliphatic carbocycles. The highest BCUT2D eigenvalue weighted by molar-refractivity contribution is 5.78. The van der Waals surface area contributed by atoms with Gasteiger partial charge in [0.15, 0.2) is 0 Å². The van der Waals surface area contributed by atoms with E-state index >= 15 is 0 Å². The number of nitrogens with zero attached hydrogens (tertiary/aromatic N) is 3. The first kappa shape index (κ1) is 13.6. The Labute approximate surface area is 119 Å². The second-order valence-electron chi connectivity index (χ2n) is 6.04. The van der Waals surface area contributed by atoms with Crippen LogP contribution in [0, 0.1) is 11.3 Å². The van der Waals surface area contributed by atoms with E-state index in [-0.39, 0.29) is 11.4 Å². The van der Waals surface area contributed by atoms with Crippen LogP contribution in [0.5, 0.6) is 0 Å². The Morgan fingerprint density at radius 1 is 1.60 bits per heavy atom. The number of carbonyl (C=O) groups is 1. The first-order chi connectivity index (χ1) is 9.69. The van der Waals surface area contributed by atoms with E-state index in [1.165, 1.54) is 12.8 Å². The minimum Gasteiger partial charge on any atom is -0.469 e. The van der Waals surface area contributed by atoms with Gasteiger partial charge in [0.1, 0.15) is 0 Å². The molecule has 2 heterocycles. The van der Waals surface area contributed by atoms with Gasteiger partial charge in [-0.05, 0) is 31.7 Å². The average Bonchev–Trinajstić information content (AvgIpc) is 3.11. The normalized spacial score (nSPS) is 29.6. The number of likely N-dealkylation sites (tertiary alicyclic amines) is 1. The summed E-state index contributed by atoms with van der Waals surface area (Å²) in [7, 11) is 1.52. The van der Waals surface area contributed by atoms with Crippen LogP contribution in [0.3, 0.4) is 0 Å². The van der Waals surface area contributed by atoms with Crippen molar-refractivity contribution in [2.24, 2.45) is 11.3 Å². The molecule has 0 spiro atoms. The van der Waals surface area contributed by atoms with Crippen molar-refractivity contribution >= 4 is 5.97 Å². The summed E-state index contributed by atoms with van der Waals surface area (Å²) in [4.78, 5) is 14.6. The SMILES string of the molecule is CCn1nccc1CN1C[C@H]2CCC[C@@]2(C(=O)OC)C1. The Kier molecular flexibility index (Phi) is 3.54. The molecule has 1 aromatic heterocycles. The number of ether oxygens (including phenoxy) is 1. The van der Waals surface area contributed by atoms with Crippen molar-refractivity contribution in [2.45, 2.75) is 39.3 Å². The smallest absolute Gasteiger partial charge is 0.313 e. The van der Waals surface area contributed by atoms with Gasteiger partial charge in [0.2, 0.25) is 0 Å². The quantitative estimate of drug-likeness (QED) is 0.786. The van der Waals surface area contributed by atoms with Crippen LogP contribution in [0.4, 0.5) is 0 Å². The van der Waals surface area contributed by atoms with Gasteiger partial charge in [0.05, 0.1) is 18.2 Å². The van der Waals surface area contributed by atoms with E-state index in [0.29, 0.717) is 5.92 Å². The fourth-order valence-corrected chi connectivity index (χ4v) is 4.06. The highest BCUT2D eigenvalue weighted by Crippen LogP contribution is 2.49. The molecule has 0 unspecified atom stereocenters. The van der Waals surface area contributed by atoms with Crippen molar-refractivity contribution in [3.05, 3.63) is 18.0 Å². The maximum Gasteiger partial charge on any atom is 0.313 e. The van der Waals surface area contributed by atoms with Gasteiger partial charge >= 0.3 is 5.97 Å². The van der Waals surface area contributed by atoms with E-state index < -0.39 is 0 Å². The topological polar surface area (TPSA) is 47.4 Å². The number of rotatable bonds is 4. The summed E-state index contributed by atoms with van der Waals surface area (Å²) >= 11 is 0. The van der Waals surface area contributed by atoms with Crippen LogP contribution in [0.1, 0.15) is 31.9 Å². The van der Waals surface area contributed by atoms with Gasteiger partial charge in [0, 0.05) is 32.4 Å². The molecule has 0 bridgehead atoms. The van der Waals surface area contributed by atoms with Crippen LogP contribution < -0.4 is 0 Å². The lowest BCUT2D eigenvalue weighted by atomic mass is 9.81. The number of hydrogen-bond acceptors (Lipinski definition) is 4. The molecule has 2 aliphatic rings. The molecule has 1 saturated heterocycles. The molecule has 3 rings (SSSR count). The van der Waals surface area contributed by atoms with Crippen molar-refractivity contribution in [3.63, 3.8) is 0 Å². The van der Waals surface area contributed by atoms with Gasteiger partial charge in [-0.1, -0.05) is 6.42 Å². The molecule has 1 saturated carbocycles. The van der Waals surface area contributed by atoms with Gasteiger partial charge in [-0.2, -0.15) is 5.10 Å². The Bertz CT molecular complexity index is 499. The maximum absolute atomic E-state index is 12.2. The molecular formula is C15H23N3O2. The van der Waals surface area contributed by atoms with Crippen LogP contribution in [0.25, 0.3) is 0 Å². The number of aromatic nitrogens is 2. The number of fused-ring (bicyclic) bond motifs is 1. The second kappa shape index (κ2) is 5.20. The van der Waals surface area contributed by atoms with Crippen molar-refractivity contribution < 1.29 is 9.53 Å². The third-order valence-corrected chi connectivity index (χ3v) is 5.02. The lowest BCUT2D eigenvalue weighted by Crippen LogP contribution is -2.36. The van der Waals surface area contributed by atoms with Gasteiger partial charge in [-0.15, -0.1) is 0 Å². The highest BCUT2D eigenvalue weighted by atomic mass is 16.5. The lowest BCUT2D eigenvalue weighted by Gasteiger charge is -2.25. The van der Waals surface area contributed by atoms with Crippen LogP contribution in [0.2, 0.25) is 0 Å². The van der Waals surface area contributed by atoms with Crippen molar-refractivity contribution in [1.82, 2.24) is 14.7 Å². The zero-order chi connectivity index (χ0) is 14.2. The van der Waals surface area contributed by atoms with Crippen molar-refractivity contribution in [3.8, 4) is 0 Å². The number of carbonyl (C=O) groups excluding carboxylic acids is 1. The van der Waals surface area contributed by atoms with E-state index in [9.17, 15) is 4.79 Å². The summed E-state index contributed by atoms with van der Waals surface area (Å²) in [6.07, 6.45) is 5.14. The van der Waals surface area contributed by atoms with Gasteiger partial charge in [-0.25, -0.2) is 0 Å². The van der Waals surface area contributed by atoms with E-state index in [0.717, 1.165) is 45.4 Å². The van der Waals surface area contributed by atoms with Crippen LogP contribution in [0.15, 0.2) is 12.3 Å². The molecular weight excluding hydrogens is 254 g/mol. The van der Waals surface area contributed by atoms with Crippen molar-refractivity contribution in [1.29, 1.82) is 0 Å². The first-order valence-corrected chi connectivity index (χ1v) is 7.51. The summed E-state index contributed by atoms with van der Waals surface area (Å²) in [5.74, 6) is 0.458. The maximum atomic E-state index is 12.2. The largest absolute Gasteiger partial charge is 0.469 e. The minimum atomic E-state index is -0.244. The molecule has 5 nitrogen and oxygen atoms in total. The second-order valence-corrected chi connectivity index (χ2v) is 6.04. The monoisotopic (exact) mass is 277 g/mol. The van der Waals surface area contributed by atoms with E-state index in [1.807, 2.05) is 10.9 Å². The van der Waals surface area contributed by atoms with Gasteiger partial charge in [-0.3, -0.25) is 14.4 Å². The predicted molar refractivity (Wildman–Crippen MR) is 75.0 cm³/mol. The summed E-state index contributed by atoms with van der Waals surface area (Å²) in [5, 5.41) is 4.32. The molecule has 0 amide bonds. The molecule has 1 aliphatic heterocycles. The molecule has 20 heavy (non-hydrogen) atoms. The predicted octanol–water partition coefficient (Wildman–Crippen LogP) is 1.68. The molecule has 2 atom stereocenters. The standard InChI is InChI=1S/C15H23N3O2/c1-3-18-13(6-8-16-18)10-17-9-12-5-4-7-15(12,11-17)14(19)20-2/h6,8,12H,3-5,7,9-11H2,1-2H3/t12-,15-/m1/s1. The molecule has 2 fully saturated rings. The number of aryl methyl sites for hydroxylation is 1. The Morgan fingerprint density at radius 3 is 3.20 bits per heavy atom. The Morgan fingerprint density at radius 2 is 2.45 bits per heavy atom. The number of esters is 1. The lowest BCUT2D eigenvalue weighted by molar-refractivity contribution is -0.153. The summed E-state index contributed by atoms with van der Waals surface area (Å²) < 4.78 is 7.11. The molecule has 0 N–H and O–H groups in total. The molecule has 0 radical (unpaired) electrons. The Balaban J connectivity index is 1.74. The first-order valence-electron chi connectivity index (χ1n) is 7.51. The molecule has 0 aromatic carbocycles. The van der Waals surface area contributed by atoms with Crippen LogP contribution >= 0.6 is 0 Å². The van der Waals surface area contributed by atoms with E-state index in [4.69, 9.17) is 4.74 Å². The van der Waals surface area contributed by atoms with Gasteiger partial charge in [0.25, 0.3) is 0 Å². The summed E-state index contributed by atoms with van der Waals surface area (Å²) in [6.45, 7) is 5.71. The van der Waals surface area contributed by atoms with E-state index in [2.05, 4.69) is 23.0 Å². The highest BCUT2D eigenvalue weighted by Gasteiger charge is 2.55. The molecule has 110 valence electrons. The fraction of sp³-hybridized carbons (Fsp3) is 0.733. The number of hydrogen-bond donors (Lipinski definition) is 0. The number of methoxy groups -OCH3 is 1. The summed E-state index contributed by atoms with van der Waals surface area (Å²) in [5.41, 5.74) is 0.985. The molecule has 1 aromatic rings. The molecule has 5 heteroatoms. The van der Waals surface area contributed by atoms with Crippen LogP contribution in [-0.4, -0.2) is 40.8 Å². The van der Waals surface area contributed by atoms with Gasteiger partial charge < -0.3 is 4.74 Å². The zero-order valence-corrected chi connectivity index (χ0v) is 12.3. The summed E-state index contributed by atoms with van der Waals surface area (Å²) in [6, 6.07) is 2.07. The van der Waals surface area contributed by atoms with Crippen LogP contribution in [-0.2, 0) is 22.6 Å². The minimum absolute atomic E-state index is 0.00787. The zero-order valence-electron chi connectivity index (χ0n) is 12.3. The fourth-order valence-electron chi connectivity index (χ4n) is 4.06. The third kappa shape index (κ3) is 2.04. The van der Waals surface area contributed by atoms with E-state index in [1.54, 1.807) is 0 Å². The average molecular weight is 277 g/mol. The van der Waals surface area contributed by atoms with Crippen molar-refractivity contribution in [2.75, 3.05) is 20.2 Å². The Hall–Kier alpha value is -1.36. The third-order valence-electron chi connectivity index (χ3n) is 5.02.